The first kappa shape index (κ1) is 14.2. The van der Waals surface area contributed by atoms with E-state index < -0.39 is 10.0 Å². The monoisotopic (exact) mass is 365 g/mol. The molecule has 19 heavy (non-hydrogen) atoms. The average Bonchev–Trinajstić information content (AvgIpc) is 2.68. The van der Waals surface area contributed by atoms with Crippen molar-refractivity contribution < 1.29 is 12.8 Å². The second-order valence-electron chi connectivity index (χ2n) is 3.71. The summed E-state index contributed by atoms with van der Waals surface area (Å²) in [6, 6.07) is 2.60. The topological polar surface area (TPSA) is 98.2 Å². The third-order valence-electron chi connectivity index (χ3n) is 2.16. The molecule has 0 unspecified atom stereocenters. The molecule has 0 aliphatic carbocycles. The van der Waals surface area contributed by atoms with E-state index in [1.807, 2.05) is 0 Å². The number of benzene rings is 1. The fourth-order valence-electron chi connectivity index (χ4n) is 1.35. The van der Waals surface area contributed by atoms with Crippen LogP contribution in [-0.2, 0) is 10.0 Å². The van der Waals surface area contributed by atoms with Crippen molar-refractivity contribution in [3.05, 3.63) is 33.6 Å². The second-order valence-corrected chi connectivity index (χ2v) is 6.59. The molecule has 102 valence electrons. The van der Waals surface area contributed by atoms with Gasteiger partial charge in [0.1, 0.15) is 11.2 Å². The predicted octanol–water partition coefficient (Wildman–Crippen LogP) is 2.78. The molecule has 0 fully saturated rings. The minimum atomic E-state index is -3.89. The maximum atomic E-state index is 12.2. The highest BCUT2D eigenvalue weighted by molar-refractivity contribution is 9.10. The lowest BCUT2D eigenvalue weighted by Crippen LogP contribution is -2.14. The number of hydrogen-bond donors (Lipinski definition) is 2. The first-order chi connectivity index (χ1) is 8.79. The van der Waals surface area contributed by atoms with Gasteiger partial charge in [-0.25, -0.2) is 13.1 Å². The Bertz CT molecular complexity index is 730. The summed E-state index contributed by atoms with van der Waals surface area (Å²) in [4.78, 5) is 3.77. The highest BCUT2D eigenvalue weighted by Crippen LogP contribution is 2.32. The molecule has 1 heterocycles. The van der Waals surface area contributed by atoms with Crippen molar-refractivity contribution in [2.75, 3.05) is 10.5 Å². The normalized spacial score (nSPS) is 11.5. The Hall–Kier alpha value is -1.25. The van der Waals surface area contributed by atoms with E-state index in [9.17, 15) is 8.42 Å². The molecule has 0 aliphatic heterocycles. The van der Waals surface area contributed by atoms with E-state index in [2.05, 4.69) is 25.6 Å². The number of anilines is 2. The summed E-state index contributed by atoms with van der Waals surface area (Å²) in [5.41, 5.74) is 6.43. The number of oxazole rings is 1. The lowest BCUT2D eigenvalue weighted by molar-refractivity contribution is 0.569. The number of hydrogen-bond acceptors (Lipinski definition) is 5. The fourth-order valence-corrected chi connectivity index (χ4v) is 3.58. The number of aromatic nitrogens is 1. The van der Waals surface area contributed by atoms with E-state index in [1.165, 1.54) is 18.4 Å². The Kier molecular flexibility index (Phi) is 3.75. The largest absolute Gasteiger partial charge is 0.431 e. The van der Waals surface area contributed by atoms with Crippen LogP contribution in [0.15, 0.2) is 32.2 Å². The van der Waals surface area contributed by atoms with Crippen molar-refractivity contribution >= 4 is 49.3 Å². The number of rotatable bonds is 3. The maximum absolute atomic E-state index is 12.2. The molecule has 1 aromatic carbocycles. The Balaban J connectivity index is 2.45. The lowest BCUT2D eigenvalue weighted by Gasteiger charge is -2.09. The number of nitrogen functional groups attached to an aromatic ring is 1. The number of sulfonamides is 1. The van der Waals surface area contributed by atoms with Gasteiger partial charge in [0.05, 0.1) is 10.2 Å². The van der Waals surface area contributed by atoms with Crippen molar-refractivity contribution in [1.29, 1.82) is 0 Å². The molecule has 0 spiro atoms. The molecule has 6 nitrogen and oxygen atoms in total. The van der Waals surface area contributed by atoms with Crippen molar-refractivity contribution in [2.24, 2.45) is 0 Å². The predicted molar refractivity (Wildman–Crippen MR) is 75.6 cm³/mol. The van der Waals surface area contributed by atoms with Gasteiger partial charge in [-0.2, -0.15) is 4.98 Å². The molecular formula is C10H9BrClN3O3S. The molecule has 0 bridgehead atoms. The van der Waals surface area contributed by atoms with Gasteiger partial charge in [-0.1, -0.05) is 11.6 Å². The molecule has 2 aromatic rings. The van der Waals surface area contributed by atoms with Gasteiger partial charge in [0.25, 0.3) is 10.0 Å². The molecule has 1 aromatic heterocycles. The zero-order valence-electron chi connectivity index (χ0n) is 9.65. The third kappa shape index (κ3) is 3.02. The number of halogens is 2. The molecule has 0 aliphatic rings. The average molecular weight is 367 g/mol. The summed E-state index contributed by atoms with van der Waals surface area (Å²) in [7, 11) is -3.89. The first-order valence-corrected chi connectivity index (χ1v) is 7.64. The highest BCUT2D eigenvalue weighted by atomic mass is 79.9. The molecule has 0 saturated carbocycles. The van der Waals surface area contributed by atoms with Crippen LogP contribution < -0.4 is 10.5 Å². The van der Waals surface area contributed by atoms with Crippen LogP contribution in [0.25, 0.3) is 0 Å². The van der Waals surface area contributed by atoms with E-state index in [1.54, 1.807) is 6.92 Å². The number of aryl methyl sites for hydroxylation is 1. The van der Waals surface area contributed by atoms with Crippen LogP contribution in [-0.4, -0.2) is 13.4 Å². The molecule has 0 radical (unpaired) electrons. The van der Waals surface area contributed by atoms with Crippen LogP contribution in [0.3, 0.4) is 0 Å². The number of nitrogens with one attached hydrogen (secondary N) is 1. The van der Waals surface area contributed by atoms with Crippen molar-refractivity contribution in [3.8, 4) is 0 Å². The Morgan fingerprint density at radius 3 is 2.74 bits per heavy atom. The standard InChI is InChI=1S/C10H9BrClN3O3S/c1-5-4-18-10(14-5)15-19(16,17)8-3-6(12)2-7(13)9(8)11/h2-4H,13H2,1H3,(H,14,15). The van der Waals surface area contributed by atoms with Crippen molar-refractivity contribution in [1.82, 2.24) is 4.98 Å². The van der Waals surface area contributed by atoms with Crippen LogP contribution >= 0.6 is 27.5 Å². The molecular weight excluding hydrogens is 358 g/mol. The minimum Gasteiger partial charge on any atom is -0.431 e. The SMILES string of the molecule is Cc1coc(NS(=O)(=O)c2cc(Cl)cc(N)c2Br)n1. The van der Waals surface area contributed by atoms with Gasteiger partial charge >= 0.3 is 6.01 Å². The Morgan fingerprint density at radius 1 is 1.47 bits per heavy atom. The van der Waals surface area contributed by atoms with Gasteiger partial charge in [0.2, 0.25) is 0 Å². The van der Waals surface area contributed by atoms with Crippen LogP contribution in [0.1, 0.15) is 5.69 Å². The van der Waals surface area contributed by atoms with E-state index >= 15 is 0 Å². The van der Waals surface area contributed by atoms with E-state index in [4.69, 9.17) is 21.8 Å². The molecule has 0 saturated heterocycles. The smallest absolute Gasteiger partial charge is 0.309 e. The fraction of sp³-hybridized carbons (Fsp3) is 0.100. The van der Waals surface area contributed by atoms with Crippen LogP contribution in [0.2, 0.25) is 5.02 Å². The maximum Gasteiger partial charge on any atom is 0.309 e. The van der Waals surface area contributed by atoms with Gasteiger partial charge in [0, 0.05) is 10.7 Å². The van der Waals surface area contributed by atoms with Gasteiger partial charge in [0.15, 0.2) is 0 Å². The van der Waals surface area contributed by atoms with E-state index in [0.717, 1.165) is 0 Å². The molecule has 3 N–H and O–H groups in total. The first-order valence-electron chi connectivity index (χ1n) is 4.99. The van der Waals surface area contributed by atoms with Gasteiger partial charge in [-0.3, -0.25) is 0 Å². The van der Waals surface area contributed by atoms with Gasteiger partial charge in [-0.15, -0.1) is 0 Å². The Labute approximate surface area is 123 Å². The third-order valence-corrected chi connectivity index (χ3v) is 4.87. The number of nitrogens with two attached hydrogens (primary N) is 1. The summed E-state index contributed by atoms with van der Waals surface area (Å²) in [5.74, 6) is 0. The van der Waals surface area contributed by atoms with E-state index in [0.29, 0.717) is 5.69 Å². The van der Waals surface area contributed by atoms with Gasteiger partial charge < -0.3 is 10.2 Å². The summed E-state index contributed by atoms with van der Waals surface area (Å²) >= 11 is 8.92. The summed E-state index contributed by atoms with van der Waals surface area (Å²) in [6.07, 6.45) is 1.33. The van der Waals surface area contributed by atoms with Crippen LogP contribution in [0.4, 0.5) is 11.7 Å². The quantitative estimate of drug-likeness (QED) is 0.814. The summed E-state index contributed by atoms with van der Waals surface area (Å²) in [6.45, 7) is 1.68. The zero-order valence-corrected chi connectivity index (χ0v) is 12.8. The van der Waals surface area contributed by atoms with Crippen molar-refractivity contribution in [2.45, 2.75) is 11.8 Å². The summed E-state index contributed by atoms with van der Waals surface area (Å²) < 4.78 is 31.7. The number of nitrogens with zero attached hydrogens (tertiary/aromatic N) is 1. The molecule has 9 heteroatoms. The van der Waals surface area contributed by atoms with Crippen LogP contribution in [0.5, 0.6) is 0 Å². The zero-order chi connectivity index (χ0) is 14.2. The van der Waals surface area contributed by atoms with Crippen LogP contribution in [0, 0.1) is 6.92 Å². The minimum absolute atomic E-state index is 0.0895. The molecule has 0 amide bonds. The van der Waals surface area contributed by atoms with E-state index in [-0.39, 0.29) is 26.1 Å². The van der Waals surface area contributed by atoms with Gasteiger partial charge in [-0.05, 0) is 35.0 Å². The lowest BCUT2D eigenvalue weighted by atomic mass is 10.3. The second kappa shape index (κ2) is 5.03. The summed E-state index contributed by atoms with van der Waals surface area (Å²) in [5, 5.41) is 0.213. The molecule has 0 atom stereocenters. The molecule has 2 rings (SSSR count). The Morgan fingerprint density at radius 2 is 2.16 bits per heavy atom. The highest BCUT2D eigenvalue weighted by Gasteiger charge is 2.22. The van der Waals surface area contributed by atoms with Crippen molar-refractivity contribution in [3.63, 3.8) is 0 Å².